The number of hydrogen-bond donors (Lipinski definition) is 2. The first-order valence-electron chi connectivity index (χ1n) is 3.15. The summed E-state index contributed by atoms with van der Waals surface area (Å²) >= 11 is 5.48. The molecule has 0 saturated carbocycles. The molecule has 0 aliphatic rings. The van der Waals surface area contributed by atoms with Crippen LogP contribution in [0.1, 0.15) is 20.8 Å². The number of pyridine rings is 1. The largest absolute Gasteiger partial charge is 0.478 e. The average Bonchev–Trinajstić information content (AvgIpc) is 2.02. The number of carboxylic acid groups (broad SMARTS) is 2. The van der Waals surface area contributed by atoms with Gasteiger partial charge in [-0.2, -0.15) is 0 Å². The predicted octanol–water partition coefficient (Wildman–Crippen LogP) is 0.307. The maximum atomic E-state index is 10.6. The lowest BCUT2D eigenvalue weighted by Gasteiger charge is -2.00. The monoisotopic (exact) mass is 219 g/mol. The van der Waals surface area contributed by atoms with Crippen LogP contribution in [-0.2, 0) is 0 Å². The van der Waals surface area contributed by atoms with Crippen molar-refractivity contribution >= 4 is 23.5 Å². The van der Waals surface area contributed by atoms with Crippen LogP contribution in [0.3, 0.4) is 0 Å². The van der Waals surface area contributed by atoms with Gasteiger partial charge < -0.3 is 15.7 Å². The van der Waals surface area contributed by atoms with E-state index in [1.807, 2.05) is 0 Å². The molecule has 0 unspecified atom stereocenters. The van der Waals surface area contributed by atoms with Crippen molar-refractivity contribution in [1.82, 2.24) is 4.98 Å². The van der Waals surface area contributed by atoms with Crippen LogP contribution >= 0.6 is 11.6 Å². The van der Waals surface area contributed by atoms with Gasteiger partial charge in [-0.3, -0.25) is 0 Å². The van der Waals surface area contributed by atoms with Gasteiger partial charge in [0.15, 0.2) is 5.69 Å². The lowest BCUT2D eigenvalue weighted by Crippen LogP contribution is -2.10. The first-order chi connectivity index (χ1) is 6.04. The van der Waals surface area contributed by atoms with Gasteiger partial charge in [0, 0.05) is 6.20 Å². The van der Waals surface area contributed by atoms with Crippen molar-refractivity contribution in [2.75, 3.05) is 0 Å². The fourth-order valence-corrected chi connectivity index (χ4v) is 1.03. The van der Waals surface area contributed by atoms with E-state index in [0.717, 1.165) is 6.20 Å². The van der Waals surface area contributed by atoms with E-state index in [1.165, 1.54) is 6.07 Å². The maximum absolute atomic E-state index is 10.6. The first-order valence-corrected chi connectivity index (χ1v) is 3.53. The molecule has 1 aromatic rings. The van der Waals surface area contributed by atoms with E-state index in [1.54, 1.807) is 0 Å². The molecule has 1 heterocycles. The quantitative estimate of drug-likeness (QED) is 0.742. The minimum Gasteiger partial charge on any atom is -0.478 e. The molecular weight excluding hydrogens is 214 g/mol. The molecule has 0 saturated heterocycles. The molecule has 0 spiro atoms. The smallest absolute Gasteiger partial charge is 0.355 e. The summed E-state index contributed by atoms with van der Waals surface area (Å²) in [6, 6.07) is 1.22. The summed E-state index contributed by atoms with van der Waals surface area (Å²) in [4.78, 5) is 24.4. The third-order valence-electron chi connectivity index (χ3n) is 1.32. The molecule has 0 bridgehead atoms. The Morgan fingerprint density at radius 1 is 1.29 bits per heavy atom. The van der Waals surface area contributed by atoms with Gasteiger partial charge in [-0.25, -0.2) is 14.6 Å². The Kier molecular flexibility index (Phi) is 4.00. The van der Waals surface area contributed by atoms with Crippen LogP contribution in [0.5, 0.6) is 0 Å². The Bertz CT molecular complexity index is 378. The maximum Gasteiger partial charge on any atom is 0.355 e. The zero-order valence-corrected chi connectivity index (χ0v) is 7.45. The Morgan fingerprint density at radius 3 is 2.21 bits per heavy atom. The van der Waals surface area contributed by atoms with Gasteiger partial charge in [0.05, 0.1) is 5.02 Å². The van der Waals surface area contributed by atoms with E-state index in [2.05, 4.69) is 4.98 Å². The third-order valence-corrected chi connectivity index (χ3v) is 1.63. The zero-order valence-electron chi connectivity index (χ0n) is 6.69. The number of hydrogen-bond acceptors (Lipinski definition) is 3. The summed E-state index contributed by atoms with van der Waals surface area (Å²) < 4.78 is 0. The molecule has 7 heteroatoms. The number of aromatic carboxylic acids is 2. The second kappa shape index (κ2) is 4.54. The molecule has 0 radical (unpaired) electrons. The molecule has 0 fully saturated rings. The van der Waals surface area contributed by atoms with Crippen molar-refractivity contribution in [3.8, 4) is 0 Å². The number of rotatable bonds is 2. The Hall–Kier alpha value is -1.66. The molecule has 6 nitrogen and oxygen atoms in total. The molecule has 14 heavy (non-hydrogen) atoms. The highest BCUT2D eigenvalue weighted by Crippen LogP contribution is 2.17. The highest BCUT2D eigenvalue weighted by atomic mass is 35.5. The summed E-state index contributed by atoms with van der Waals surface area (Å²) in [5.74, 6) is -2.82. The molecular formula is C7H6ClNO5. The second-order valence-electron chi connectivity index (χ2n) is 2.13. The van der Waals surface area contributed by atoms with Crippen molar-refractivity contribution < 1.29 is 25.3 Å². The lowest BCUT2D eigenvalue weighted by atomic mass is 10.2. The number of halogens is 1. The zero-order chi connectivity index (χ0) is 10.0. The Labute approximate surface area is 83.1 Å². The highest BCUT2D eigenvalue weighted by molar-refractivity contribution is 6.34. The van der Waals surface area contributed by atoms with E-state index >= 15 is 0 Å². The van der Waals surface area contributed by atoms with Gasteiger partial charge in [0.1, 0.15) is 5.56 Å². The van der Waals surface area contributed by atoms with Crippen molar-refractivity contribution in [1.29, 1.82) is 0 Å². The van der Waals surface area contributed by atoms with Crippen LogP contribution in [0.2, 0.25) is 5.02 Å². The number of nitrogens with zero attached hydrogens (tertiary/aromatic N) is 1. The third kappa shape index (κ3) is 2.18. The lowest BCUT2D eigenvalue weighted by molar-refractivity contribution is 0.0646. The van der Waals surface area contributed by atoms with Crippen molar-refractivity contribution in [3.05, 3.63) is 28.5 Å². The number of aromatic nitrogens is 1. The van der Waals surface area contributed by atoms with Crippen LogP contribution in [0.15, 0.2) is 12.3 Å². The summed E-state index contributed by atoms with van der Waals surface area (Å²) in [5, 5.41) is 17.0. The van der Waals surface area contributed by atoms with Gasteiger partial charge in [-0.05, 0) is 6.07 Å². The van der Waals surface area contributed by atoms with E-state index in [-0.39, 0.29) is 10.5 Å². The summed E-state index contributed by atoms with van der Waals surface area (Å²) in [7, 11) is 0. The van der Waals surface area contributed by atoms with E-state index in [0.29, 0.717) is 0 Å². The minimum atomic E-state index is -1.42. The predicted molar refractivity (Wildman–Crippen MR) is 46.8 cm³/mol. The molecule has 1 rings (SSSR count). The van der Waals surface area contributed by atoms with Crippen LogP contribution in [0, 0.1) is 0 Å². The molecule has 0 aliphatic heterocycles. The molecule has 0 aromatic carbocycles. The van der Waals surface area contributed by atoms with Crippen LogP contribution in [0.25, 0.3) is 0 Å². The topological polar surface area (TPSA) is 119 Å². The fourth-order valence-electron chi connectivity index (χ4n) is 0.804. The molecule has 0 amide bonds. The average molecular weight is 220 g/mol. The van der Waals surface area contributed by atoms with Gasteiger partial charge >= 0.3 is 11.9 Å². The molecule has 1 aromatic heterocycles. The summed E-state index contributed by atoms with van der Waals surface area (Å²) in [5.41, 5.74) is -1.04. The number of carbonyl (C=O) groups is 2. The Balaban J connectivity index is 0.00000169. The van der Waals surface area contributed by atoms with Gasteiger partial charge in [-0.15, -0.1) is 0 Å². The molecule has 0 atom stereocenters. The normalized spacial score (nSPS) is 8.93. The molecule has 4 N–H and O–H groups in total. The van der Waals surface area contributed by atoms with Crippen molar-refractivity contribution in [3.63, 3.8) is 0 Å². The van der Waals surface area contributed by atoms with Gasteiger partial charge in [0.25, 0.3) is 0 Å². The van der Waals surface area contributed by atoms with Crippen LogP contribution in [0.4, 0.5) is 0 Å². The molecule has 0 aliphatic carbocycles. The fraction of sp³-hybridized carbons (Fsp3) is 0. The summed E-state index contributed by atoms with van der Waals surface area (Å²) in [6.07, 6.45) is 1.14. The van der Waals surface area contributed by atoms with Gasteiger partial charge in [-0.1, -0.05) is 11.6 Å². The highest BCUT2D eigenvalue weighted by Gasteiger charge is 2.20. The number of carboxylic acids is 2. The Morgan fingerprint density at radius 2 is 1.86 bits per heavy atom. The second-order valence-corrected chi connectivity index (χ2v) is 2.53. The molecule has 76 valence electrons. The SMILES string of the molecule is O.O=C(O)c1nccc(Cl)c1C(=O)O. The van der Waals surface area contributed by atoms with Gasteiger partial charge in [0.2, 0.25) is 0 Å². The van der Waals surface area contributed by atoms with Crippen LogP contribution in [-0.4, -0.2) is 32.6 Å². The summed E-state index contributed by atoms with van der Waals surface area (Å²) in [6.45, 7) is 0. The van der Waals surface area contributed by atoms with Crippen molar-refractivity contribution in [2.24, 2.45) is 0 Å². The van der Waals surface area contributed by atoms with Crippen molar-refractivity contribution in [2.45, 2.75) is 0 Å². The van der Waals surface area contributed by atoms with E-state index in [4.69, 9.17) is 21.8 Å². The van der Waals surface area contributed by atoms with E-state index in [9.17, 15) is 9.59 Å². The van der Waals surface area contributed by atoms with Crippen LogP contribution < -0.4 is 0 Å². The minimum absolute atomic E-state index is 0. The first kappa shape index (κ1) is 12.3. The standard InChI is InChI=1S/C7H4ClNO4.H2O/c8-3-1-2-9-5(7(12)13)4(3)6(10)11;/h1-2H,(H,10,11)(H,12,13);1H2. The van der Waals surface area contributed by atoms with E-state index < -0.39 is 23.2 Å².